The number of hydrogen-bond acceptors (Lipinski definition) is 3. The van der Waals surface area contributed by atoms with E-state index in [1.165, 1.54) is 7.11 Å². The fraction of sp³-hybridized carbons (Fsp3) is 0.0952. The lowest BCUT2D eigenvalue weighted by Gasteiger charge is -2.09. The number of benzene rings is 3. The summed E-state index contributed by atoms with van der Waals surface area (Å²) in [6.07, 6.45) is 0. The molecule has 0 unspecified atom stereocenters. The van der Waals surface area contributed by atoms with E-state index in [2.05, 4.69) is 32.6 Å². The lowest BCUT2D eigenvalue weighted by Crippen LogP contribution is -2.02. The highest BCUT2D eigenvalue weighted by atomic mass is 79.9. The van der Waals surface area contributed by atoms with E-state index in [4.69, 9.17) is 4.74 Å². The third kappa shape index (κ3) is 2.65. The molecule has 0 bridgehead atoms. The molecule has 4 nitrogen and oxygen atoms in total. The van der Waals surface area contributed by atoms with E-state index in [-0.39, 0.29) is 5.75 Å². The van der Waals surface area contributed by atoms with Gasteiger partial charge >= 0.3 is 5.97 Å². The molecule has 1 aromatic heterocycles. The molecule has 4 rings (SSSR count). The van der Waals surface area contributed by atoms with Crippen LogP contribution >= 0.6 is 15.9 Å². The van der Waals surface area contributed by atoms with Crippen molar-refractivity contribution >= 4 is 43.7 Å². The minimum atomic E-state index is -0.416. The molecule has 26 heavy (non-hydrogen) atoms. The zero-order chi connectivity index (χ0) is 18.3. The van der Waals surface area contributed by atoms with Crippen LogP contribution in [0.3, 0.4) is 0 Å². The number of phenols is 1. The molecule has 0 radical (unpaired) electrons. The van der Waals surface area contributed by atoms with Crippen molar-refractivity contribution in [2.24, 2.45) is 0 Å². The molecule has 0 fully saturated rings. The molecule has 0 atom stereocenters. The highest BCUT2D eigenvalue weighted by molar-refractivity contribution is 9.10. The molecule has 1 heterocycles. The molecule has 130 valence electrons. The van der Waals surface area contributed by atoms with Gasteiger partial charge in [-0.25, -0.2) is 4.79 Å². The number of ether oxygens (including phenoxy) is 1. The predicted molar refractivity (Wildman–Crippen MR) is 106 cm³/mol. The summed E-state index contributed by atoms with van der Waals surface area (Å²) in [4.78, 5) is 12.3. The van der Waals surface area contributed by atoms with Crippen LogP contribution in [0.25, 0.3) is 21.8 Å². The van der Waals surface area contributed by atoms with E-state index in [1.807, 2.05) is 36.4 Å². The summed E-state index contributed by atoms with van der Waals surface area (Å²) in [6.45, 7) is 0.619. The second-order valence-electron chi connectivity index (χ2n) is 6.08. The average molecular weight is 410 g/mol. The van der Waals surface area contributed by atoms with Gasteiger partial charge in [0, 0.05) is 16.4 Å². The van der Waals surface area contributed by atoms with E-state index < -0.39 is 5.97 Å². The van der Waals surface area contributed by atoms with Gasteiger partial charge in [-0.3, -0.25) is 0 Å². The van der Waals surface area contributed by atoms with Gasteiger partial charge in [0.1, 0.15) is 5.75 Å². The lowest BCUT2D eigenvalue weighted by atomic mass is 10.1. The molecule has 5 heteroatoms. The highest BCUT2D eigenvalue weighted by Crippen LogP contribution is 2.37. The quantitative estimate of drug-likeness (QED) is 0.479. The molecule has 0 aliphatic carbocycles. The number of hydrogen-bond donors (Lipinski definition) is 1. The van der Waals surface area contributed by atoms with Crippen LogP contribution in [-0.2, 0) is 11.3 Å². The minimum absolute atomic E-state index is 0.150. The molecule has 1 N–H and O–H groups in total. The summed E-state index contributed by atoms with van der Waals surface area (Å²) >= 11 is 3.51. The first-order valence-electron chi connectivity index (χ1n) is 8.16. The second kappa shape index (κ2) is 6.50. The van der Waals surface area contributed by atoms with Gasteiger partial charge in [-0.2, -0.15) is 0 Å². The van der Waals surface area contributed by atoms with Crippen molar-refractivity contribution < 1.29 is 14.6 Å². The Bertz CT molecular complexity index is 1150. The van der Waals surface area contributed by atoms with Crippen LogP contribution in [0, 0.1) is 0 Å². The molecule has 0 spiro atoms. The number of halogens is 1. The Labute approximate surface area is 158 Å². The number of aromatic nitrogens is 1. The number of methoxy groups -OCH3 is 1. The van der Waals surface area contributed by atoms with Gasteiger partial charge < -0.3 is 14.4 Å². The molecule has 0 saturated carbocycles. The van der Waals surface area contributed by atoms with Crippen molar-refractivity contribution in [1.82, 2.24) is 4.57 Å². The molecule has 0 saturated heterocycles. The smallest absolute Gasteiger partial charge is 0.338 e. The Morgan fingerprint density at radius 2 is 1.73 bits per heavy atom. The third-order valence-electron chi connectivity index (χ3n) is 4.53. The van der Waals surface area contributed by atoms with Gasteiger partial charge in [-0.05, 0) is 42.0 Å². The van der Waals surface area contributed by atoms with Crippen molar-refractivity contribution in [1.29, 1.82) is 0 Å². The fourth-order valence-electron chi connectivity index (χ4n) is 3.44. The molecule has 3 aromatic carbocycles. The molecule has 0 aliphatic heterocycles. The van der Waals surface area contributed by atoms with Crippen molar-refractivity contribution in [3.05, 3.63) is 76.3 Å². The first kappa shape index (κ1) is 16.7. The standard InChI is InChI=1S/C21H16BrNO3/c1-26-21(25)15-7-3-8-16-19(15)20-17(9-4-10-18(20)24)23(16)12-13-5-2-6-14(22)11-13/h2-11,24H,12H2,1H3. The Morgan fingerprint density at radius 3 is 2.46 bits per heavy atom. The van der Waals surface area contributed by atoms with Crippen molar-refractivity contribution in [2.45, 2.75) is 6.54 Å². The molecule has 0 aliphatic rings. The summed E-state index contributed by atoms with van der Waals surface area (Å²) in [5.41, 5.74) is 3.31. The number of phenolic OH excluding ortho intramolecular Hbond substituents is 1. The summed E-state index contributed by atoms with van der Waals surface area (Å²) in [6, 6.07) is 19.0. The van der Waals surface area contributed by atoms with Crippen molar-refractivity contribution in [2.75, 3.05) is 7.11 Å². The topological polar surface area (TPSA) is 51.5 Å². The number of nitrogens with zero attached hydrogens (tertiary/aromatic N) is 1. The number of esters is 1. The van der Waals surface area contributed by atoms with Crippen molar-refractivity contribution in [3.63, 3.8) is 0 Å². The summed E-state index contributed by atoms with van der Waals surface area (Å²) in [7, 11) is 1.36. The zero-order valence-corrected chi connectivity index (χ0v) is 15.7. The van der Waals surface area contributed by atoms with Crippen LogP contribution in [0.5, 0.6) is 5.75 Å². The first-order chi connectivity index (χ1) is 12.6. The summed E-state index contributed by atoms with van der Waals surface area (Å²) < 4.78 is 8.06. The van der Waals surface area contributed by atoms with Crippen molar-refractivity contribution in [3.8, 4) is 5.75 Å². The molecule has 4 aromatic rings. The first-order valence-corrected chi connectivity index (χ1v) is 8.95. The van der Waals surface area contributed by atoms with E-state index >= 15 is 0 Å². The zero-order valence-electron chi connectivity index (χ0n) is 14.1. The minimum Gasteiger partial charge on any atom is -0.507 e. The number of carbonyl (C=O) groups is 1. The average Bonchev–Trinajstić information content (AvgIpc) is 2.96. The van der Waals surface area contributed by atoms with Crippen LogP contribution < -0.4 is 0 Å². The Balaban J connectivity index is 2.06. The maximum absolute atomic E-state index is 12.3. The maximum Gasteiger partial charge on any atom is 0.338 e. The van der Waals surface area contributed by atoms with Gasteiger partial charge in [-0.15, -0.1) is 0 Å². The number of aromatic hydroxyl groups is 1. The Morgan fingerprint density at radius 1 is 1.04 bits per heavy atom. The highest BCUT2D eigenvalue weighted by Gasteiger charge is 2.20. The van der Waals surface area contributed by atoms with Gasteiger partial charge in [0.05, 0.1) is 29.1 Å². The molecular weight excluding hydrogens is 394 g/mol. The van der Waals surface area contributed by atoms with E-state index in [0.717, 1.165) is 21.1 Å². The number of carbonyl (C=O) groups excluding carboxylic acids is 1. The van der Waals surface area contributed by atoms with E-state index in [9.17, 15) is 9.90 Å². The third-order valence-corrected chi connectivity index (χ3v) is 5.02. The number of rotatable bonds is 3. The van der Waals surface area contributed by atoms with E-state index in [0.29, 0.717) is 22.9 Å². The van der Waals surface area contributed by atoms with Gasteiger partial charge in [0.2, 0.25) is 0 Å². The van der Waals surface area contributed by atoms with Crippen LogP contribution in [-0.4, -0.2) is 22.8 Å². The Hall–Kier alpha value is -2.79. The molecule has 0 amide bonds. The lowest BCUT2D eigenvalue weighted by molar-refractivity contribution is 0.0603. The number of fused-ring (bicyclic) bond motifs is 3. The summed E-state index contributed by atoms with van der Waals surface area (Å²) in [5.74, 6) is -0.266. The SMILES string of the molecule is COC(=O)c1cccc2c1c1c(O)cccc1n2Cc1cccc(Br)c1. The maximum atomic E-state index is 12.3. The predicted octanol–water partition coefficient (Wildman–Crippen LogP) is 5.10. The van der Waals surface area contributed by atoms with Gasteiger partial charge in [0.15, 0.2) is 0 Å². The van der Waals surface area contributed by atoms with Crippen LogP contribution in [0.15, 0.2) is 65.1 Å². The van der Waals surface area contributed by atoms with E-state index in [1.54, 1.807) is 12.1 Å². The molecular formula is C21H16BrNO3. The van der Waals surface area contributed by atoms with Crippen LogP contribution in [0.2, 0.25) is 0 Å². The van der Waals surface area contributed by atoms with Crippen LogP contribution in [0.1, 0.15) is 15.9 Å². The normalized spacial score (nSPS) is 11.2. The second-order valence-corrected chi connectivity index (χ2v) is 6.99. The Kier molecular flexibility index (Phi) is 4.17. The largest absolute Gasteiger partial charge is 0.507 e. The monoisotopic (exact) mass is 409 g/mol. The fourth-order valence-corrected chi connectivity index (χ4v) is 3.88. The van der Waals surface area contributed by atoms with Crippen LogP contribution in [0.4, 0.5) is 0 Å². The van der Waals surface area contributed by atoms with Gasteiger partial charge in [0.25, 0.3) is 0 Å². The summed E-state index contributed by atoms with van der Waals surface area (Å²) in [5, 5.41) is 11.9. The van der Waals surface area contributed by atoms with Gasteiger partial charge in [-0.1, -0.05) is 40.2 Å².